The van der Waals surface area contributed by atoms with Gasteiger partial charge in [-0.15, -0.1) is 0 Å². The number of benzene rings is 4. The van der Waals surface area contributed by atoms with Gasteiger partial charge in [0.15, 0.2) is 0 Å². The molecule has 2 aromatic heterocycles. The van der Waals surface area contributed by atoms with Gasteiger partial charge in [-0.3, -0.25) is 29.0 Å². The maximum Gasteiger partial charge on any atom is 0.303 e. The number of hydrogen-bond acceptors (Lipinski definition) is 16. The number of carbonyl (C=O) groups is 4. The number of fused-ring (bicyclic) bond motifs is 10. The van der Waals surface area contributed by atoms with Gasteiger partial charge >= 0.3 is 20.4 Å². The fraction of sp³-hybridized carbons (Fsp3) is 0.528. The quantitative estimate of drug-likeness (QED) is 0.0517. The Morgan fingerprint density at radius 1 is 0.551 bits per heavy atom. The van der Waals surface area contributed by atoms with Crippen LogP contribution >= 0.6 is 0 Å². The summed E-state index contributed by atoms with van der Waals surface area (Å²) in [5, 5.41) is 20.0. The third kappa shape index (κ3) is 16.0. The lowest BCUT2D eigenvalue weighted by Crippen LogP contribution is -2.51. The van der Waals surface area contributed by atoms with Crippen LogP contribution in [0.4, 0.5) is 0 Å². The molecule has 0 bridgehead atoms. The summed E-state index contributed by atoms with van der Waals surface area (Å²) in [6.07, 6.45) is 13.8. The number of ether oxygens (including phenoxy) is 4. The average molecular weight is 1390 g/mol. The monoisotopic (exact) mass is 1390 g/mol. The van der Waals surface area contributed by atoms with E-state index < -0.39 is 32.2 Å². The third-order valence-electron chi connectivity index (χ3n) is 20.3. The summed E-state index contributed by atoms with van der Waals surface area (Å²) in [5.74, 6) is 0.381. The van der Waals surface area contributed by atoms with Gasteiger partial charge in [0.05, 0.1) is 77.7 Å². The topological polar surface area (TPSA) is 267 Å². The second-order valence-electron chi connectivity index (χ2n) is 26.8. The minimum Gasteiger partial charge on any atom is -0.497 e. The Morgan fingerprint density at radius 3 is 1.51 bits per heavy atom. The molecule has 6 aliphatic rings. The number of carbonyl (C=O) groups excluding carboxylic acids is 4. The van der Waals surface area contributed by atoms with Crippen molar-refractivity contribution in [1.82, 2.24) is 46.8 Å². The molecule has 24 nitrogen and oxygen atoms in total. The van der Waals surface area contributed by atoms with E-state index in [1.807, 2.05) is 46.2 Å². The Labute approximate surface area is 575 Å². The number of aliphatic hydroxyl groups excluding tert-OH is 2. The maximum absolute atomic E-state index is 14.4. The molecular weight excluding hydrogens is 1290 g/mol. The number of aromatic nitrogens is 2. The zero-order valence-electron chi connectivity index (χ0n) is 57.4. The van der Waals surface area contributed by atoms with Crippen LogP contribution in [-0.4, -0.2) is 236 Å². The van der Waals surface area contributed by atoms with Crippen molar-refractivity contribution in [2.24, 2.45) is 5.92 Å². The lowest BCUT2D eigenvalue weighted by molar-refractivity contribution is -0.137. The lowest BCUT2D eigenvalue weighted by Gasteiger charge is -2.36. The van der Waals surface area contributed by atoms with Crippen LogP contribution < -0.4 is 18.9 Å². The van der Waals surface area contributed by atoms with Crippen molar-refractivity contribution < 1.29 is 65.2 Å². The van der Waals surface area contributed by atoms with Crippen LogP contribution in [0.5, 0.6) is 11.5 Å². The molecule has 6 heterocycles. The van der Waals surface area contributed by atoms with Crippen LogP contribution in [0.15, 0.2) is 78.4 Å². The first-order valence-corrected chi connectivity index (χ1v) is 37.4. The van der Waals surface area contributed by atoms with E-state index in [1.54, 1.807) is 38.5 Å². The van der Waals surface area contributed by atoms with Gasteiger partial charge < -0.3 is 48.1 Å². The molecule has 2 saturated heterocycles. The largest absolute Gasteiger partial charge is 0.497 e. The van der Waals surface area contributed by atoms with Crippen LogP contribution in [0.1, 0.15) is 119 Å². The molecule has 1 atom stereocenters. The number of hydrogen-bond donors (Lipinski definition) is 4. The molecule has 12 rings (SSSR count). The highest BCUT2D eigenvalue weighted by molar-refractivity contribution is 7.88. The highest BCUT2D eigenvalue weighted by atomic mass is 32.2. The Balaban J connectivity index is 0.000000198. The maximum atomic E-state index is 14.4. The lowest BCUT2D eigenvalue weighted by atomic mass is 9.81. The molecule has 4 amide bonds. The zero-order valence-corrected chi connectivity index (χ0v) is 59.1. The number of piperazine rings is 2. The van der Waals surface area contributed by atoms with Crippen molar-refractivity contribution in [2.45, 2.75) is 95.6 Å². The molecular formula is C72H96N10O14S2. The zero-order chi connectivity index (χ0) is 69.4. The van der Waals surface area contributed by atoms with Crippen molar-refractivity contribution >= 4 is 71.9 Å². The summed E-state index contributed by atoms with van der Waals surface area (Å²) >= 11 is 0. The van der Waals surface area contributed by atoms with Gasteiger partial charge in [-0.1, -0.05) is 50.7 Å². The van der Waals surface area contributed by atoms with Gasteiger partial charge in [-0.05, 0) is 133 Å². The highest BCUT2D eigenvalue weighted by Gasteiger charge is 2.38. The van der Waals surface area contributed by atoms with Gasteiger partial charge in [0.1, 0.15) is 11.5 Å². The minimum absolute atomic E-state index is 0.000187. The fourth-order valence-corrected chi connectivity index (χ4v) is 16.1. The molecule has 4 N–H and O–H groups in total. The molecule has 530 valence electrons. The van der Waals surface area contributed by atoms with Gasteiger partial charge in [0.2, 0.25) is 5.91 Å². The molecule has 6 aromatic rings. The molecule has 0 spiro atoms. The summed E-state index contributed by atoms with van der Waals surface area (Å²) in [6.45, 7) is 9.33. The molecule has 0 radical (unpaired) electrons. The van der Waals surface area contributed by atoms with E-state index >= 15 is 0 Å². The van der Waals surface area contributed by atoms with Crippen molar-refractivity contribution in [3.8, 4) is 34.0 Å². The first-order chi connectivity index (χ1) is 47.2. The molecule has 2 saturated carbocycles. The average Bonchev–Trinajstić information content (AvgIpc) is 1.59. The summed E-state index contributed by atoms with van der Waals surface area (Å²) < 4.78 is 83.0. The van der Waals surface area contributed by atoms with E-state index in [2.05, 4.69) is 46.6 Å². The Morgan fingerprint density at radius 2 is 1.02 bits per heavy atom. The number of rotatable bonds is 22. The van der Waals surface area contributed by atoms with Gasteiger partial charge in [-0.2, -0.15) is 25.4 Å². The number of nitrogens with zero attached hydrogens (tertiary/aromatic N) is 8. The molecule has 4 fully saturated rings. The number of nitrogens with one attached hydrogen (secondary N) is 2. The number of aliphatic hydroxyl groups is 2. The Bertz CT molecular complexity index is 4120. The summed E-state index contributed by atoms with van der Waals surface area (Å²) in [7, 11) is 0.805. The van der Waals surface area contributed by atoms with E-state index in [0.29, 0.717) is 95.3 Å². The molecule has 2 aliphatic carbocycles. The Kier molecular flexibility index (Phi) is 23.5. The van der Waals surface area contributed by atoms with E-state index in [4.69, 9.17) is 29.2 Å². The highest BCUT2D eigenvalue weighted by Crippen LogP contribution is 2.49. The smallest absolute Gasteiger partial charge is 0.303 e. The summed E-state index contributed by atoms with van der Waals surface area (Å²) in [5.41, 5.74) is 11.3. The molecule has 98 heavy (non-hydrogen) atoms. The predicted molar refractivity (Wildman–Crippen MR) is 377 cm³/mol. The van der Waals surface area contributed by atoms with E-state index in [9.17, 15) is 36.0 Å². The van der Waals surface area contributed by atoms with E-state index in [1.165, 1.54) is 52.2 Å². The predicted octanol–water partition coefficient (Wildman–Crippen LogP) is 6.68. The third-order valence-corrected chi connectivity index (χ3v) is 23.1. The van der Waals surface area contributed by atoms with Crippen LogP contribution in [0, 0.1) is 5.92 Å². The number of amides is 4. The van der Waals surface area contributed by atoms with Crippen molar-refractivity contribution in [1.29, 1.82) is 0 Å². The second kappa shape index (κ2) is 32.0. The van der Waals surface area contributed by atoms with Crippen LogP contribution in [0.2, 0.25) is 0 Å². The van der Waals surface area contributed by atoms with Crippen molar-refractivity contribution in [3.05, 3.63) is 112 Å². The van der Waals surface area contributed by atoms with Gasteiger partial charge in [0, 0.05) is 150 Å². The standard InChI is InChI=1S/C36H49N5O7S.C36H47N5O7S/c2*1-38(2)49(45,46)37-35(43)26-9-11-31-32(23-26)41-24-28(36(44)40-15-13-39(14-16-40)17-19-48-20-18-42)21-27-22-29(47-3)10-12-30(27)34(41)33(31)25-7-5-4-6-8-25/h9-12,22-23,25,28,42H,4-8,13-21,24H2,1-3H3,(H,37,43);9-12,21-23,25,42H,4-8,13-20,24H2,1-3H3,(H,37,43). The first kappa shape index (κ1) is 72.0. The second-order valence-corrected chi connectivity index (χ2v) is 30.6. The normalized spacial score (nSPS) is 18.2. The van der Waals surface area contributed by atoms with Crippen LogP contribution in [0.3, 0.4) is 0 Å². The van der Waals surface area contributed by atoms with Crippen molar-refractivity contribution in [3.63, 3.8) is 0 Å². The fourth-order valence-electron chi connectivity index (χ4n) is 15.0. The summed E-state index contributed by atoms with van der Waals surface area (Å²) in [6, 6.07) is 23.0. The van der Waals surface area contributed by atoms with Crippen LogP contribution in [-0.2, 0) is 59.0 Å². The SMILES string of the molecule is COc1ccc2c(c1)C=C(C(=O)N1CCN(CCOCCO)CC1)Cn1c-2c(C2CCCCC2)c2ccc(C(=O)NS(=O)(=O)N(C)C)cc21.COc1ccc2c(c1)CC(C(=O)N1CCN(CCOCCO)CC1)Cn1c-2c(C2CCCCC2)c2ccc(C(=O)NS(=O)(=O)N(C)C)cc21. The van der Waals surface area contributed by atoms with Crippen molar-refractivity contribution in [2.75, 3.05) is 147 Å². The van der Waals surface area contributed by atoms with E-state index in [0.717, 1.165) is 160 Å². The minimum atomic E-state index is -3.99. The molecule has 4 aliphatic heterocycles. The van der Waals surface area contributed by atoms with E-state index in [-0.39, 0.29) is 42.1 Å². The number of methoxy groups -OCH3 is 2. The van der Waals surface area contributed by atoms with Gasteiger partial charge in [-0.25, -0.2) is 9.44 Å². The van der Waals surface area contributed by atoms with Gasteiger partial charge in [0.25, 0.3) is 17.7 Å². The molecule has 26 heteroatoms. The molecule has 4 aromatic carbocycles. The molecule has 1 unspecified atom stereocenters. The summed E-state index contributed by atoms with van der Waals surface area (Å²) in [4.78, 5) is 63.7. The van der Waals surface area contributed by atoms with Crippen LogP contribution in [0.25, 0.3) is 50.4 Å². The Hall–Kier alpha value is -7.24. The first-order valence-electron chi connectivity index (χ1n) is 34.5.